The van der Waals surface area contributed by atoms with Gasteiger partial charge in [0.1, 0.15) is 6.04 Å². The number of piperazine rings is 1. The Balaban J connectivity index is 0.00000153. The van der Waals surface area contributed by atoms with Crippen LogP contribution in [0.25, 0.3) is 0 Å². The van der Waals surface area contributed by atoms with Gasteiger partial charge in [0.15, 0.2) is 0 Å². The number of hydrogen-bond acceptors (Lipinski definition) is 7. The van der Waals surface area contributed by atoms with Crippen LogP contribution >= 0.6 is 24.8 Å². The summed E-state index contributed by atoms with van der Waals surface area (Å²) in [6.45, 7) is 2.21. The molecule has 178 valence electrons. The normalized spacial score (nSPS) is 22.8. The first-order chi connectivity index (χ1) is 14.9. The highest BCUT2D eigenvalue weighted by Crippen LogP contribution is 2.42. The Morgan fingerprint density at radius 1 is 1.12 bits per heavy atom. The van der Waals surface area contributed by atoms with Crippen molar-refractivity contribution in [2.45, 2.75) is 37.3 Å². The molecule has 33 heavy (non-hydrogen) atoms. The first-order valence-electron chi connectivity index (χ1n) is 10.5. The highest BCUT2D eigenvalue weighted by molar-refractivity contribution is 6.25. The van der Waals surface area contributed by atoms with E-state index < -0.39 is 29.7 Å². The van der Waals surface area contributed by atoms with Crippen molar-refractivity contribution in [3.8, 4) is 0 Å². The van der Waals surface area contributed by atoms with Crippen LogP contribution in [0.2, 0.25) is 0 Å². The number of hydrogen-bond donors (Lipinski definition) is 3. The van der Waals surface area contributed by atoms with E-state index in [1.54, 1.807) is 12.1 Å². The molecule has 1 saturated carbocycles. The molecule has 0 radical (unpaired) electrons. The summed E-state index contributed by atoms with van der Waals surface area (Å²) in [6.07, 6.45) is 2.14. The topological polar surface area (TPSA) is 128 Å². The Labute approximate surface area is 202 Å². The number of rotatable bonds is 4. The van der Waals surface area contributed by atoms with Crippen molar-refractivity contribution >= 4 is 60.0 Å². The predicted octanol–water partition coefficient (Wildman–Crippen LogP) is 0.308. The number of benzene rings is 1. The van der Waals surface area contributed by atoms with Crippen molar-refractivity contribution in [1.82, 2.24) is 20.4 Å². The summed E-state index contributed by atoms with van der Waals surface area (Å²) in [5.41, 5.74) is 0.655. The van der Waals surface area contributed by atoms with Crippen LogP contribution in [-0.4, -0.2) is 77.1 Å². The smallest absolute Gasteiger partial charge is 0.264 e. The standard InChI is InChI=1S/C21H23N5O5.2ClH/c27-15-5-4-14(18(29)24-15)26-19(30)12-2-1-3-13(17(12)20(26)31)23-10-16(28)25-9-8-22-11-21(25)6-7-21;;/h1-3,14,22-23H,4-11H2,(H,24,27,29);2*1H. The van der Waals surface area contributed by atoms with E-state index in [0.717, 1.165) is 30.8 Å². The number of nitrogens with one attached hydrogen (secondary N) is 3. The maximum absolute atomic E-state index is 13.1. The molecule has 1 aromatic rings. The Morgan fingerprint density at radius 3 is 2.58 bits per heavy atom. The quantitative estimate of drug-likeness (QED) is 0.510. The molecule has 1 spiro atoms. The van der Waals surface area contributed by atoms with Crippen molar-refractivity contribution < 1.29 is 24.0 Å². The fourth-order valence-electron chi connectivity index (χ4n) is 4.75. The minimum absolute atomic E-state index is 0. The molecule has 3 heterocycles. The number of fused-ring (bicyclic) bond motifs is 1. The number of amides is 5. The molecular formula is C21H25Cl2N5O5. The van der Waals surface area contributed by atoms with Gasteiger partial charge in [-0.15, -0.1) is 24.8 Å². The fourth-order valence-corrected chi connectivity index (χ4v) is 4.75. The summed E-state index contributed by atoms with van der Waals surface area (Å²) in [5.74, 6) is -2.27. The summed E-state index contributed by atoms with van der Waals surface area (Å²) in [5, 5.41) is 8.55. The molecule has 3 fully saturated rings. The Morgan fingerprint density at radius 2 is 1.88 bits per heavy atom. The molecule has 2 saturated heterocycles. The van der Waals surface area contributed by atoms with Crippen molar-refractivity contribution in [2.24, 2.45) is 0 Å². The summed E-state index contributed by atoms with van der Waals surface area (Å²) >= 11 is 0. The van der Waals surface area contributed by atoms with E-state index in [9.17, 15) is 24.0 Å². The number of nitrogens with zero attached hydrogens (tertiary/aromatic N) is 2. The molecule has 0 aromatic heterocycles. The summed E-state index contributed by atoms with van der Waals surface area (Å²) in [4.78, 5) is 65.3. The summed E-state index contributed by atoms with van der Waals surface area (Å²) in [6, 6.07) is 3.80. The molecule has 1 aliphatic carbocycles. The van der Waals surface area contributed by atoms with Crippen LogP contribution in [0.1, 0.15) is 46.4 Å². The summed E-state index contributed by atoms with van der Waals surface area (Å²) in [7, 11) is 0. The van der Waals surface area contributed by atoms with Crippen LogP contribution in [0, 0.1) is 0 Å². The van der Waals surface area contributed by atoms with Crippen LogP contribution in [0.3, 0.4) is 0 Å². The first-order valence-corrected chi connectivity index (χ1v) is 10.5. The van der Waals surface area contributed by atoms with Crippen LogP contribution in [0.15, 0.2) is 18.2 Å². The van der Waals surface area contributed by atoms with Gasteiger partial charge in [0.05, 0.1) is 23.2 Å². The van der Waals surface area contributed by atoms with Gasteiger partial charge in [0.25, 0.3) is 11.8 Å². The zero-order chi connectivity index (χ0) is 21.8. The number of carbonyl (C=O) groups excluding carboxylic acids is 5. The van der Waals surface area contributed by atoms with Crippen LogP contribution < -0.4 is 16.0 Å². The number of carbonyl (C=O) groups is 5. The van der Waals surface area contributed by atoms with Gasteiger partial charge in [-0.25, -0.2) is 0 Å². The van der Waals surface area contributed by atoms with Crippen LogP contribution in [0.4, 0.5) is 5.69 Å². The highest BCUT2D eigenvalue weighted by atomic mass is 35.5. The van der Waals surface area contributed by atoms with Crippen molar-refractivity contribution in [3.63, 3.8) is 0 Å². The minimum atomic E-state index is -1.02. The zero-order valence-electron chi connectivity index (χ0n) is 17.7. The van der Waals surface area contributed by atoms with Gasteiger partial charge in [-0.05, 0) is 31.4 Å². The van der Waals surface area contributed by atoms with Gasteiger partial charge in [-0.1, -0.05) is 6.07 Å². The Hall–Kier alpha value is -2.69. The van der Waals surface area contributed by atoms with Gasteiger partial charge in [0, 0.05) is 31.7 Å². The molecule has 1 aromatic carbocycles. The number of anilines is 1. The van der Waals surface area contributed by atoms with Gasteiger partial charge >= 0.3 is 0 Å². The monoisotopic (exact) mass is 497 g/mol. The van der Waals surface area contributed by atoms with Gasteiger partial charge in [0.2, 0.25) is 17.7 Å². The van der Waals surface area contributed by atoms with Gasteiger partial charge in [-0.2, -0.15) is 0 Å². The maximum Gasteiger partial charge on any atom is 0.264 e. The van der Waals surface area contributed by atoms with E-state index in [4.69, 9.17) is 0 Å². The fraction of sp³-hybridized carbons (Fsp3) is 0.476. The lowest BCUT2D eigenvalue weighted by Crippen LogP contribution is -2.56. The van der Waals surface area contributed by atoms with E-state index in [2.05, 4.69) is 16.0 Å². The SMILES string of the molecule is Cl.Cl.O=C1CCC(N2C(=O)c3cccc(NCC(=O)N4CCNCC45CC5)c3C2=O)C(=O)N1. The molecule has 10 nitrogen and oxygen atoms in total. The molecule has 4 aliphatic rings. The van der Waals surface area contributed by atoms with Gasteiger partial charge < -0.3 is 15.5 Å². The van der Waals surface area contributed by atoms with Crippen LogP contribution in [0.5, 0.6) is 0 Å². The third kappa shape index (κ3) is 4.18. The van der Waals surface area contributed by atoms with E-state index in [1.807, 2.05) is 4.90 Å². The van der Waals surface area contributed by atoms with Gasteiger partial charge in [-0.3, -0.25) is 34.2 Å². The van der Waals surface area contributed by atoms with Crippen molar-refractivity contribution in [2.75, 3.05) is 31.5 Å². The highest BCUT2D eigenvalue weighted by Gasteiger charge is 2.51. The first kappa shape index (κ1) is 24.9. The van der Waals surface area contributed by atoms with E-state index >= 15 is 0 Å². The molecule has 3 aliphatic heterocycles. The lowest BCUT2D eigenvalue weighted by Gasteiger charge is -2.37. The third-order valence-corrected chi connectivity index (χ3v) is 6.57. The Kier molecular flexibility index (Phi) is 7.01. The molecule has 3 N–H and O–H groups in total. The molecule has 1 atom stereocenters. The molecule has 5 rings (SSSR count). The second-order valence-electron chi connectivity index (χ2n) is 8.48. The minimum Gasteiger partial charge on any atom is -0.375 e. The predicted molar refractivity (Wildman–Crippen MR) is 123 cm³/mol. The maximum atomic E-state index is 13.1. The average Bonchev–Trinajstić information content (AvgIpc) is 3.47. The number of imide groups is 2. The third-order valence-electron chi connectivity index (χ3n) is 6.57. The van der Waals surface area contributed by atoms with E-state index in [0.29, 0.717) is 12.2 Å². The molecule has 12 heteroatoms. The molecule has 5 amide bonds. The van der Waals surface area contributed by atoms with Crippen LogP contribution in [-0.2, 0) is 14.4 Å². The number of piperidine rings is 1. The average molecular weight is 498 g/mol. The zero-order valence-corrected chi connectivity index (χ0v) is 19.4. The second kappa shape index (κ2) is 9.28. The largest absolute Gasteiger partial charge is 0.375 e. The Bertz CT molecular complexity index is 1030. The lowest BCUT2D eigenvalue weighted by atomic mass is 10.0. The lowest BCUT2D eigenvalue weighted by molar-refractivity contribution is -0.136. The van der Waals surface area contributed by atoms with E-state index in [1.165, 1.54) is 6.07 Å². The summed E-state index contributed by atoms with van der Waals surface area (Å²) < 4.78 is 0. The number of halogens is 2. The second-order valence-corrected chi connectivity index (χ2v) is 8.48. The molecular weight excluding hydrogens is 473 g/mol. The van der Waals surface area contributed by atoms with Crippen molar-refractivity contribution in [3.05, 3.63) is 29.3 Å². The van der Waals surface area contributed by atoms with E-state index in [-0.39, 0.29) is 66.8 Å². The molecule has 1 unspecified atom stereocenters. The molecule has 0 bridgehead atoms. The van der Waals surface area contributed by atoms with Crippen molar-refractivity contribution in [1.29, 1.82) is 0 Å².